The summed E-state index contributed by atoms with van der Waals surface area (Å²) in [6.45, 7) is 3.88. The van der Waals surface area contributed by atoms with Crippen LogP contribution in [-0.2, 0) is 6.54 Å². The second-order valence-electron chi connectivity index (χ2n) is 4.13. The molecule has 96 valence electrons. The van der Waals surface area contributed by atoms with Crippen molar-refractivity contribution in [3.8, 4) is 0 Å². The second kappa shape index (κ2) is 5.07. The molecule has 0 aliphatic heterocycles. The molecule has 2 heterocycles. The van der Waals surface area contributed by atoms with E-state index in [-0.39, 0.29) is 23.2 Å². The van der Waals surface area contributed by atoms with E-state index in [9.17, 15) is 9.59 Å². The number of hydrogen-bond acceptors (Lipinski definition) is 4. The largest absolute Gasteiger partial charge is 0.329 e. The molecule has 0 aliphatic rings. The van der Waals surface area contributed by atoms with Gasteiger partial charge in [0.25, 0.3) is 5.56 Å². The first-order valence-electron chi connectivity index (χ1n) is 5.41. The van der Waals surface area contributed by atoms with E-state index in [1.54, 1.807) is 11.6 Å². The van der Waals surface area contributed by atoms with Gasteiger partial charge >= 0.3 is 5.69 Å². The van der Waals surface area contributed by atoms with Crippen LogP contribution >= 0.6 is 22.9 Å². The van der Waals surface area contributed by atoms with Crippen LogP contribution < -0.4 is 11.2 Å². The molecule has 0 aliphatic carbocycles. The number of nitrogens with one attached hydrogen (secondary N) is 1. The molecule has 0 spiro atoms. The van der Waals surface area contributed by atoms with Crippen molar-refractivity contribution in [3.05, 3.63) is 48.1 Å². The number of H-pyrrole nitrogens is 1. The van der Waals surface area contributed by atoms with E-state index in [0.717, 1.165) is 4.57 Å². The summed E-state index contributed by atoms with van der Waals surface area (Å²) >= 11 is 7.30. The Morgan fingerprint density at radius 3 is 2.78 bits per heavy atom. The Hall–Kier alpha value is -1.40. The number of rotatable bonds is 3. The number of halogens is 1. The monoisotopic (exact) mass is 285 g/mol. The molecular weight excluding hydrogens is 274 g/mol. The molecule has 7 heteroatoms. The highest BCUT2D eigenvalue weighted by atomic mass is 35.5. The molecule has 0 amide bonds. The third-order valence-electron chi connectivity index (χ3n) is 2.53. The first-order valence-corrected chi connectivity index (χ1v) is 6.67. The normalized spacial score (nSPS) is 11.1. The van der Waals surface area contributed by atoms with Gasteiger partial charge in [0.2, 0.25) is 0 Å². The summed E-state index contributed by atoms with van der Waals surface area (Å²) in [7, 11) is 0. The molecule has 1 N–H and O–H groups in total. The molecule has 0 unspecified atom stereocenters. The zero-order valence-electron chi connectivity index (χ0n) is 9.94. The van der Waals surface area contributed by atoms with E-state index in [2.05, 4.69) is 9.97 Å². The van der Waals surface area contributed by atoms with Crippen molar-refractivity contribution in [1.29, 1.82) is 0 Å². The van der Waals surface area contributed by atoms with Crippen LogP contribution in [0.3, 0.4) is 0 Å². The summed E-state index contributed by atoms with van der Waals surface area (Å²) < 4.78 is 1.13. The van der Waals surface area contributed by atoms with Crippen molar-refractivity contribution in [2.45, 2.75) is 26.3 Å². The molecule has 0 bridgehead atoms. The molecular formula is C11H12ClN3O2S. The Balaban J connectivity index is 2.57. The van der Waals surface area contributed by atoms with Crippen LogP contribution in [0.2, 0.25) is 5.15 Å². The van der Waals surface area contributed by atoms with Gasteiger partial charge in [-0.05, 0) is 5.92 Å². The summed E-state index contributed by atoms with van der Waals surface area (Å²) in [5.74, 6) is -0.0515. The van der Waals surface area contributed by atoms with E-state index >= 15 is 0 Å². The van der Waals surface area contributed by atoms with Crippen LogP contribution in [0.5, 0.6) is 0 Å². The van der Waals surface area contributed by atoms with Crippen LogP contribution in [0.25, 0.3) is 0 Å². The van der Waals surface area contributed by atoms with Gasteiger partial charge in [0.05, 0.1) is 12.1 Å². The summed E-state index contributed by atoms with van der Waals surface area (Å²) in [4.78, 5) is 30.5. The predicted molar refractivity (Wildman–Crippen MR) is 71.6 cm³/mol. The smallest absolute Gasteiger partial charge is 0.297 e. The lowest BCUT2D eigenvalue weighted by atomic mass is 10.1. The molecule has 18 heavy (non-hydrogen) atoms. The summed E-state index contributed by atoms with van der Waals surface area (Å²) in [6.07, 6.45) is 1.64. The lowest BCUT2D eigenvalue weighted by Gasteiger charge is -2.10. The Labute approximate surface area is 112 Å². The average molecular weight is 286 g/mol. The van der Waals surface area contributed by atoms with Crippen molar-refractivity contribution >= 4 is 22.9 Å². The van der Waals surface area contributed by atoms with Gasteiger partial charge in [-0.25, -0.2) is 9.78 Å². The van der Waals surface area contributed by atoms with Gasteiger partial charge in [0.15, 0.2) is 0 Å². The number of nitrogens with zero attached hydrogens (tertiary/aromatic N) is 2. The Morgan fingerprint density at radius 2 is 2.22 bits per heavy atom. The molecule has 0 saturated carbocycles. The van der Waals surface area contributed by atoms with E-state index in [4.69, 9.17) is 11.6 Å². The van der Waals surface area contributed by atoms with Gasteiger partial charge in [-0.3, -0.25) is 14.3 Å². The number of hydrogen-bond donors (Lipinski definition) is 1. The SMILES string of the molecule is CC(C)c1c(Cl)[nH]c(=O)n(Cc2nccs2)c1=O. The zero-order chi connectivity index (χ0) is 13.3. The Morgan fingerprint density at radius 1 is 1.50 bits per heavy atom. The molecule has 0 radical (unpaired) electrons. The Bertz CT molecular complexity index is 658. The second-order valence-corrected chi connectivity index (χ2v) is 5.49. The Kier molecular flexibility index (Phi) is 3.68. The fourth-order valence-electron chi connectivity index (χ4n) is 1.67. The minimum atomic E-state index is -0.510. The van der Waals surface area contributed by atoms with E-state index in [1.807, 2.05) is 13.8 Å². The molecule has 2 aromatic heterocycles. The first-order chi connectivity index (χ1) is 8.50. The zero-order valence-corrected chi connectivity index (χ0v) is 11.5. The molecule has 0 aromatic carbocycles. The molecule has 5 nitrogen and oxygen atoms in total. The molecule has 0 fully saturated rings. The maximum absolute atomic E-state index is 12.2. The fraction of sp³-hybridized carbons (Fsp3) is 0.364. The number of aromatic nitrogens is 3. The predicted octanol–water partition coefficient (Wildman–Crippen LogP) is 1.82. The third kappa shape index (κ3) is 2.39. The van der Waals surface area contributed by atoms with Gasteiger partial charge in [-0.15, -0.1) is 11.3 Å². The molecule has 2 rings (SSSR count). The van der Waals surface area contributed by atoms with Crippen LogP contribution in [0.4, 0.5) is 0 Å². The van der Waals surface area contributed by atoms with Crippen molar-refractivity contribution in [1.82, 2.24) is 14.5 Å². The average Bonchev–Trinajstić information content (AvgIpc) is 2.75. The maximum Gasteiger partial charge on any atom is 0.329 e. The molecule has 2 aromatic rings. The quantitative estimate of drug-likeness (QED) is 0.875. The number of aromatic amines is 1. The van der Waals surface area contributed by atoms with E-state index in [0.29, 0.717) is 10.6 Å². The van der Waals surface area contributed by atoms with Crippen molar-refractivity contribution in [2.75, 3.05) is 0 Å². The summed E-state index contributed by atoms with van der Waals surface area (Å²) in [6, 6.07) is 0. The van der Waals surface area contributed by atoms with Gasteiger partial charge in [-0.2, -0.15) is 0 Å². The van der Waals surface area contributed by atoms with Gasteiger partial charge in [-0.1, -0.05) is 25.4 Å². The van der Waals surface area contributed by atoms with Gasteiger partial charge in [0.1, 0.15) is 10.2 Å². The highest BCUT2D eigenvalue weighted by molar-refractivity contribution is 7.09. The third-order valence-corrected chi connectivity index (χ3v) is 3.59. The number of thiazole rings is 1. The van der Waals surface area contributed by atoms with Crippen LogP contribution in [0.1, 0.15) is 30.3 Å². The topological polar surface area (TPSA) is 67.8 Å². The minimum absolute atomic E-state index is 0.0515. The fourth-order valence-corrected chi connectivity index (χ4v) is 2.65. The van der Waals surface area contributed by atoms with Crippen molar-refractivity contribution < 1.29 is 0 Å². The molecule has 0 atom stereocenters. The van der Waals surface area contributed by atoms with Gasteiger partial charge in [0, 0.05) is 11.6 Å². The van der Waals surface area contributed by atoms with Crippen molar-refractivity contribution in [3.63, 3.8) is 0 Å². The maximum atomic E-state index is 12.2. The summed E-state index contributed by atoms with van der Waals surface area (Å²) in [5, 5.41) is 2.63. The van der Waals surface area contributed by atoms with E-state index in [1.165, 1.54) is 11.3 Å². The standard InChI is InChI=1S/C11H12ClN3O2S/c1-6(2)8-9(12)14-11(17)15(10(8)16)5-7-13-3-4-18-7/h3-4,6H,5H2,1-2H3,(H,14,17). The van der Waals surface area contributed by atoms with Crippen LogP contribution in [-0.4, -0.2) is 14.5 Å². The first kappa shape index (κ1) is 13.0. The van der Waals surface area contributed by atoms with Crippen LogP contribution in [0, 0.1) is 0 Å². The highest BCUT2D eigenvalue weighted by Crippen LogP contribution is 2.16. The lowest BCUT2D eigenvalue weighted by molar-refractivity contribution is 0.667. The highest BCUT2D eigenvalue weighted by Gasteiger charge is 2.16. The summed E-state index contributed by atoms with van der Waals surface area (Å²) in [5.41, 5.74) is -0.439. The van der Waals surface area contributed by atoms with Crippen LogP contribution in [0.15, 0.2) is 21.2 Å². The van der Waals surface area contributed by atoms with E-state index < -0.39 is 5.69 Å². The van der Waals surface area contributed by atoms with Gasteiger partial charge < -0.3 is 0 Å². The minimum Gasteiger partial charge on any atom is -0.297 e. The molecule has 0 saturated heterocycles. The van der Waals surface area contributed by atoms with Crippen molar-refractivity contribution in [2.24, 2.45) is 0 Å². The lowest BCUT2D eigenvalue weighted by Crippen LogP contribution is -2.38.